The van der Waals surface area contributed by atoms with Crippen LogP contribution in [0.3, 0.4) is 0 Å². The van der Waals surface area contributed by atoms with Gasteiger partial charge in [0.05, 0.1) is 13.3 Å². The Morgan fingerprint density at radius 1 is 1.12 bits per heavy atom. The Bertz CT molecular complexity index is 797. The maximum atomic E-state index is 13.2. The largest absolute Gasteiger partial charge is 0.497 e. The van der Waals surface area contributed by atoms with Crippen LogP contribution in [0.1, 0.15) is 28.4 Å². The van der Waals surface area contributed by atoms with Gasteiger partial charge in [-0.2, -0.15) is 5.10 Å². The van der Waals surface area contributed by atoms with Gasteiger partial charge in [0, 0.05) is 23.8 Å². The highest BCUT2D eigenvalue weighted by Gasteiger charge is 2.13. The number of aromatic amines is 1. The summed E-state index contributed by atoms with van der Waals surface area (Å²) >= 11 is 0. The quantitative estimate of drug-likeness (QED) is 0.685. The Labute approximate surface area is 147 Å². The molecule has 1 heterocycles. The number of nitrogens with zero attached hydrogens (tertiary/aromatic N) is 1. The van der Waals surface area contributed by atoms with Crippen LogP contribution >= 0.6 is 0 Å². The molecule has 0 spiro atoms. The molecule has 1 unspecified atom stereocenters. The van der Waals surface area contributed by atoms with E-state index in [2.05, 4.69) is 27.6 Å². The number of nitrogens with one attached hydrogen (secondary N) is 2. The maximum Gasteiger partial charge on any atom is 0.123 e. The molecule has 130 valence electrons. The molecule has 0 fully saturated rings. The summed E-state index contributed by atoms with van der Waals surface area (Å²) in [5.41, 5.74) is 4.44. The molecule has 25 heavy (non-hydrogen) atoms. The normalized spacial score (nSPS) is 12.1. The molecule has 4 nitrogen and oxygen atoms in total. The fraction of sp³-hybridized carbons (Fsp3) is 0.250. The Morgan fingerprint density at radius 3 is 2.44 bits per heavy atom. The molecule has 2 N–H and O–H groups in total. The van der Waals surface area contributed by atoms with Gasteiger partial charge in [0.15, 0.2) is 0 Å². The molecular formula is C20H22FN3O. The molecule has 3 aromatic rings. The van der Waals surface area contributed by atoms with Crippen LogP contribution in [-0.2, 0) is 13.0 Å². The van der Waals surface area contributed by atoms with Crippen molar-refractivity contribution in [2.75, 3.05) is 7.11 Å². The van der Waals surface area contributed by atoms with E-state index in [1.54, 1.807) is 7.11 Å². The maximum absolute atomic E-state index is 13.2. The fourth-order valence-corrected chi connectivity index (χ4v) is 2.79. The van der Waals surface area contributed by atoms with Crippen LogP contribution in [0.5, 0.6) is 5.75 Å². The van der Waals surface area contributed by atoms with Gasteiger partial charge in [-0.15, -0.1) is 0 Å². The molecule has 0 saturated heterocycles. The second-order valence-corrected chi connectivity index (χ2v) is 6.06. The molecule has 0 aliphatic rings. The Balaban J connectivity index is 1.78. The summed E-state index contributed by atoms with van der Waals surface area (Å²) in [7, 11) is 1.66. The van der Waals surface area contributed by atoms with Crippen molar-refractivity contribution in [1.29, 1.82) is 0 Å². The van der Waals surface area contributed by atoms with Gasteiger partial charge in [0.1, 0.15) is 11.6 Å². The first kappa shape index (κ1) is 17.2. The molecule has 1 atom stereocenters. The first-order valence-electron chi connectivity index (χ1n) is 8.26. The third kappa shape index (κ3) is 4.45. The van der Waals surface area contributed by atoms with Crippen molar-refractivity contribution in [3.8, 4) is 5.75 Å². The van der Waals surface area contributed by atoms with E-state index in [0.717, 1.165) is 34.6 Å². The Hall–Kier alpha value is -2.66. The number of ether oxygens (including phenoxy) is 1. The highest BCUT2D eigenvalue weighted by Crippen LogP contribution is 2.22. The average molecular weight is 339 g/mol. The van der Waals surface area contributed by atoms with E-state index in [1.807, 2.05) is 37.4 Å². The third-order valence-corrected chi connectivity index (χ3v) is 4.34. The first-order valence-corrected chi connectivity index (χ1v) is 8.26. The van der Waals surface area contributed by atoms with E-state index in [-0.39, 0.29) is 11.9 Å². The zero-order chi connectivity index (χ0) is 17.6. The van der Waals surface area contributed by atoms with Crippen LogP contribution in [-0.4, -0.2) is 17.3 Å². The van der Waals surface area contributed by atoms with Crippen LogP contribution in [0, 0.1) is 12.7 Å². The van der Waals surface area contributed by atoms with Gasteiger partial charge in [-0.25, -0.2) is 4.39 Å². The first-order chi connectivity index (χ1) is 12.2. The zero-order valence-electron chi connectivity index (χ0n) is 14.4. The van der Waals surface area contributed by atoms with Gasteiger partial charge < -0.3 is 10.1 Å². The highest BCUT2D eigenvalue weighted by atomic mass is 19.1. The lowest BCUT2D eigenvalue weighted by Crippen LogP contribution is -2.23. The summed E-state index contributed by atoms with van der Waals surface area (Å²) in [6, 6.07) is 14.8. The van der Waals surface area contributed by atoms with E-state index in [0.29, 0.717) is 6.54 Å². The molecule has 2 aromatic carbocycles. The van der Waals surface area contributed by atoms with Gasteiger partial charge >= 0.3 is 0 Å². The lowest BCUT2D eigenvalue weighted by Gasteiger charge is -2.20. The van der Waals surface area contributed by atoms with Crippen LogP contribution in [0.2, 0.25) is 0 Å². The SMILES string of the molecule is COc1ccc(C(Cc2ccc(F)cc2)NCc2cn[nH]c2C)cc1. The number of methoxy groups -OCH3 is 1. The second-order valence-electron chi connectivity index (χ2n) is 6.06. The minimum absolute atomic E-state index is 0.102. The molecule has 0 aliphatic heterocycles. The third-order valence-electron chi connectivity index (χ3n) is 4.34. The molecular weight excluding hydrogens is 317 g/mol. The zero-order valence-corrected chi connectivity index (χ0v) is 14.4. The van der Waals surface area contributed by atoms with Gasteiger partial charge in [-0.1, -0.05) is 24.3 Å². The van der Waals surface area contributed by atoms with E-state index in [1.165, 1.54) is 12.1 Å². The monoisotopic (exact) mass is 339 g/mol. The van der Waals surface area contributed by atoms with Gasteiger partial charge in [-0.3, -0.25) is 5.10 Å². The lowest BCUT2D eigenvalue weighted by molar-refractivity contribution is 0.414. The fourth-order valence-electron chi connectivity index (χ4n) is 2.79. The standard InChI is InChI=1S/C20H22FN3O/c1-14-17(13-23-24-14)12-22-20(11-15-3-7-18(21)8-4-15)16-5-9-19(25-2)10-6-16/h3-10,13,20,22H,11-12H2,1-2H3,(H,23,24). The van der Waals surface area contributed by atoms with Crippen molar-refractivity contribution < 1.29 is 9.13 Å². The number of hydrogen-bond donors (Lipinski definition) is 2. The van der Waals surface area contributed by atoms with E-state index in [4.69, 9.17) is 4.74 Å². The van der Waals surface area contributed by atoms with Crippen molar-refractivity contribution in [3.05, 3.63) is 82.9 Å². The number of aromatic nitrogens is 2. The number of hydrogen-bond acceptors (Lipinski definition) is 3. The predicted molar refractivity (Wildman–Crippen MR) is 96.0 cm³/mol. The lowest BCUT2D eigenvalue weighted by atomic mass is 9.98. The number of halogens is 1. The molecule has 0 bridgehead atoms. The topological polar surface area (TPSA) is 49.9 Å². The molecule has 1 aromatic heterocycles. The summed E-state index contributed by atoms with van der Waals surface area (Å²) in [5, 5.41) is 10.6. The van der Waals surface area contributed by atoms with E-state index < -0.39 is 0 Å². The molecule has 0 amide bonds. The van der Waals surface area contributed by atoms with E-state index in [9.17, 15) is 4.39 Å². The molecule has 0 saturated carbocycles. The minimum atomic E-state index is -0.216. The second kappa shape index (κ2) is 7.94. The van der Waals surface area contributed by atoms with Crippen molar-refractivity contribution >= 4 is 0 Å². The Kier molecular flexibility index (Phi) is 5.46. The van der Waals surface area contributed by atoms with Crippen LogP contribution in [0.25, 0.3) is 0 Å². The van der Waals surface area contributed by atoms with Crippen LogP contribution < -0.4 is 10.1 Å². The molecule has 3 rings (SSSR count). The van der Waals surface area contributed by atoms with Crippen LogP contribution in [0.4, 0.5) is 4.39 Å². The van der Waals surface area contributed by atoms with Crippen molar-refractivity contribution in [1.82, 2.24) is 15.5 Å². The predicted octanol–water partition coefficient (Wildman–Crippen LogP) is 3.94. The van der Waals surface area contributed by atoms with Gasteiger partial charge in [0.2, 0.25) is 0 Å². The number of aryl methyl sites for hydroxylation is 1. The minimum Gasteiger partial charge on any atom is -0.497 e. The number of rotatable bonds is 7. The van der Waals surface area contributed by atoms with Crippen molar-refractivity contribution in [3.63, 3.8) is 0 Å². The summed E-state index contributed by atoms with van der Waals surface area (Å²) in [6.07, 6.45) is 2.61. The summed E-state index contributed by atoms with van der Waals surface area (Å²) < 4.78 is 18.4. The summed E-state index contributed by atoms with van der Waals surface area (Å²) in [5.74, 6) is 0.613. The van der Waals surface area contributed by atoms with Crippen molar-refractivity contribution in [2.24, 2.45) is 0 Å². The highest BCUT2D eigenvalue weighted by molar-refractivity contribution is 5.31. The summed E-state index contributed by atoms with van der Waals surface area (Å²) in [4.78, 5) is 0. The van der Waals surface area contributed by atoms with Crippen molar-refractivity contribution in [2.45, 2.75) is 25.9 Å². The van der Waals surface area contributed by atoms with Gasteiger partial charge in [-0.05, 0) is 48.7 Å². The molecule has 0 radical (unpaired) electrons. The number of benzene rings is 2. The van der Waals surface area contributed by atoms with Gasteiger partial charge in [0.25, 0.3) is 0 Å². The summed E-state index contributed by atoms with van der Waals surface area (Å²) in [6.45, 7) is 2.71. The molecule has 5 heteroatoms. The number of H-pyrrole nitrogens is 1. The average Bonchev–Trinajstić information content (AvgIpc) is 3.05. The Morgan fingerprint density at radius 2 is 1.84 bits per heavy atom. The smallest absolute Gasteiger partial charge is 0.123 e. The van der Waals surface area contributed by atoms with Crippen LogP contribution in [0.15, 0.2) is 54.7 Å². The molecule has 0 aliphatic carbocycles. The van der Waals surface area contributed by atoms with E-state index >= 15 is 0 Å².